The molecule has 4 nitrogen and oxygen atoms in total. The van der Waals surface area contributed by atoms with Crippen LogP contribution >= 0.6 is 7.94 Å². The van der Waals surface area contributed by atoms with Crippen molar-refractivity contribution in [3.8, 4) is 0 Å². The zero-order chi connectivity index (χ0) is 8.74. The first-order valence-corrected chi connectivity index (χ1v) is 5.25. The number of hydrogen-bond donors (Lipinski definition) is 2. The molecule has 0 fully saturated rings. The molecule has 0 bridgehead atoms. The van der Waals surface area contributed by atoms with Gasteiger partial charge in [0, 0.05) is 0 Å². The van der Waals surface area contributed by atoms with Crippen LogP contribution in [0.25, 0.3) is 0 Å². The van der Waals surface area contributed by atoms with Gasteiger partial charge in [-0.3, -0.25) is 0 Å². The highest BCUT2D eigenvalue weighted by molar-refractivity contribution is 7.59. The summed E-state index contributed by atoms with van der Waals surface area (Å²) in [6, 6.07) is 0. The van der Waals surface area contributed by atoms with E-state index in [9.17, 15) is 4.89 Å². The smallest absolute Gasteiger partial charge is 0.344 e. The van der Waals surface area contributed by atoms with E-state index in [1.54, 1.807) is 12.2 Å². The van der Waals surface area contributed by atoms with Crippen molar-refractivity contribution in [2.24, 2.45) is 0 Å². The molecule has 0 amide bonds. The van der Waals surface area contributed by atoms with Crippen LogP contribution in [0, 0.1) is 0 Å². The van der Waals surface area contributed by atoms with Gasteiger partial charge in [0.05, 0.1) is 0 Å². The lowest BCUT2D eigenvalue weighted by Crippen LogP contribution is -2.00. The Morgan fingerprint density at radius 1 is 1.25 bits per heavy atom. The van der Waals surface area contributed by atoms with Gasteiger partial charge < -0.3 is 6.15 Å². The molecule has 0 aromatic rings. The van der Waals surface area contributed by atoms with Crippen LogP contribution in [-0.4, -0.2) is 24.8 Å². The second-order valence-electron chi connectivity index (χ2n) is 1.97. The van der Waals surface area contributed by atoms with Crippen molar-refractivity contribution in [2.45, 2.75) is 0 Å². The van der Waals surface area contributed by atoms with Crippen molar-refractivity contribution in [3.63, 3.8) is 0 Å². The van der Waals surface area contributed by atoms with Crippen molar-refractivity contribution in [1.82, 2.24) is 6.15 Å². The van der Waals surface area contributed by atoms with Crippen molar-refractivity contribution in [3.05, 3.63) is 25.3 Å². The predicted octanol–water partition coefficient (Wildman–Crippen LogP) is 1.94. The van der Waals surface area contributed by atoms with Gasteiger partial charge in [0.2, 0.25) is 0 Å². The van der Waals surface area contributed by atoms with Gasteiger partial charge in [-0.2, -0.15) is 13.9 Å². The lowest BCUT2D eigenvalue weighted by atomic mass is 10.7. The van der Waals surface area contributed by atoms with E-state index >= 15 is 0 Å². The first kappa shape index (κ1) is 14.3. The third-order valence-electron chi connectivity index (χ3n) is 0.864. The molecule has 12 heavy (non-hydrogen) atoms. The third-order valence-corrected chi connectivity index (χ3v) is 2.12. The fraction of sp³-hybridized carbons (Fsp3) is 0.429. The molecule has 0 rings (SSSR count). The van der Waals surface area contributed by atoms with E-state index in [-0.39, 0.29) is 6.15 Å². The molecule has 0 aromatic carbocycles. The zero-order valence-electron chi connectivity index (χ0n) is 7.40. The monoisotopic (exact) mass is 194 g/mol. The number of rotatable bonds is 6. The Kier molecular flexibility index (Phi) is 8.81. The summed E-state index contributed by atoms with van der Waals surface area (Å²) in [5.41, 5.74) is 0. The molecule has 0 saturated heterocycles. The van der Waals surface area contributed by atoms with E-state index in [0.29, 0.717) is 13.2 Å². The highest BCUT2D eigenvalue weighted by atomic mass is 31.2. The lowest BCUT2D eigenvalue weighted by Gasteiger charge is -2.09. The van der Waals surface area contributed by atoms with Crippen molar-refractivity contribution >= 4 is 7.94 Å². The second kappa shape index (κ2) is 7.40. The number of hydrogen-bond acceptors (Lipinski definition) is 4. The van der Waals surface area contributed by atoms with Crippen molar-refractivity contribution in [1.29, 1.82) is 0 Å². The third kappa shape index (κ3) is 7.85. The predicted molar refractivity (Wildman–Crippen MR) is 52.4 cm³/mol. The minimum Gasteiger partial charge on any atom is -0.344 e. The minimum atomic E-state index is -2.62. The van der Waals surface area contributed by atoms with E-state index in [2.05, 4.69) is 13.2 Å². The van der Waals surface area contributed by atoms with Crippen LogP contribution in [0.3, 0.4) is 0 Å². The van der Waals surface area contributed by atoms with Gasteiger partial charge in [-0.1, -0.05) is 12.2 Å². The Hall–Kier alpha value is -0.250. The van der Waals surface area contributed by atoms with E-state index in [1.165, 1.54) is 6.66 Å². The summed E-state index contributed by atoms with van der Waals surface area (Å²) in [5, 5.41) is 0. The molecule has 0 spiro atoms. The molecule has 0 aliphatic carbocycles. The Bertz CT molecular complexity index is 125. The van der Waals surface area contributed by atoms with Crippen LogP contribution < -0.4 is 6.15 Å². The molecule has 0 saturated carbocycles. The zero-order valence-corrected chi connectivity index (χ0v) is 8.30. The fourth-order valence-electron chi connectivity index (χ4n) is 0.419. The maximum Gasteiger partial charge on any atom is 0.406 e. The Balaban J connectivity index is 0. The quantitative estimate of drug-likeness (QED) is 0.500. The first-order chi connectivity index (χ1) is 5.12. The summed E-state index contributed by atoms with van der Waals surface area (Å²) >= 11 is 0. The molecule has 0 aromatic heterocycles. The molecule has 5 heteroatoms. The maximum absolute atomic E-state index is 9.35. The fourth-order valence-corrected chi connectivity index (χ4v) is 1.26. The second-order valence-corrected chi connectivity index (χ2v) is 4.09. The Morgan fingerprint density at radius 3 is 1.83 bits per heavy atom. The van der Waals surface area contributed by atoms with Gasteiger partial charge in [-0.25, -0.2) is 0 Å². The van der Waals surface area contributed by atoms with Gasteiger partial charge >= 0.3 is 7.94 Å². The van der Waals surface area contributed by atoms with Crippen LogP contribution in [0.15, 0.2) is 25.3 Å². The molecule has 72 valence electrons. The molecule has 0 unspecified atom stereocenters. The summed E-state index contributed by atoms with van der Waals surface area (Å²) in [6.07, 6.45) is 3.12. The molecular formula is C7H17NO3P+. The van der Waals surface area contributed by atoms with Crippen LogP contribution in [0.2, 0.25) is 0 Å². The molecule has 0 aliphatic rings. The molecular weight excluding hydrogens is 177 g/mol. The van der Waals surface area contributed by atoms with Gasteiger partial charge in [-0.15, -0.1) is 13.2 Å². The van der Waals surface area contributed by atoms with Crippen LogP contribution in [0.4, 0.5) is 0 Å². The van der Waals surface area contributed by atoms with Gasteiger partial charge in [0.15, 0.2) is 0 Å². The summed E-state index contributed by atoms with van der Waals surface area (Å²) < 4.78 is 9.92. The normalized spacial score (nSPS) is 10.2. The SMILES string of the molecule is C=CCO[P+](C)(O)OCC=C.N. The summed E-state index contributed by atoms with van der Waals surface area (Å²) in [7, 11) is -2.62. The van der Waals surface area contributed by atoms with Gasteiger partial charge in [-0.05, 0) is 0 Å². The topological polar surface area (TPSA) is 73.7 Å². The first-order valence-electron chi connectivity index (χ1n) is 3.22. The Morgan fingerprint density at radius 2 is 1.58 bits per heavy atom. The molecule has 0 radical (unpaired) electrons. The van der Waals surface area contributed by atoms with E-state index in [1.807, 2.05) is 0 Å². The Labute approximate surface area is 74.1 Å². The highest BCUT2D eigenvalue weighted by Crippen LogP contribution is 2.52. The van der Waals surface area contributed by atoms with Crippen molar-refractivity contribution < 1.29 is 13.9 Å². The van der Waals surface area contributed by atoms with Crippen LogP contribution in [-0.2, 0) is 9.05 Å². The maximum atomic E-state index is 9.35. The van der Waals surface area contributed by atoms with E-state index in [4.69, 9.17) is 9.05 Å². The van der Waals surface area contributed by atoms with Gasteiger partial charge in [0.25, 0.3) is 0 Å². The van der Waals surface area contributed by atoms with Gasteiger partial charge in [0.1, 0.15) is 19.9 Å². The molecule has 4 N–H and O–H groups in total. The van der Waals surface area contributed by atoms with E-state index < -0.39 is 7.94 Å². The molecule has 0 heterocycles. The lowest BCUT2D eigenvalue weighted by molar-refractivity contribution is 0.211. The van der Waals surface area contributed by atoms with Crippen LogP contribution in [0.5, 0.6) is 0 Å². The average Bonchev–Trinajstić information content (AvgIpc) is 1.97. The molecule has 0 aliphatic heterocycles. The standard InChI is InChI=1S/C7H14O3P.H3N/c1-4-6-9-11(3,8)10-7-5-2;/h4-5,8H,1-2,6-7H2,3H3;1H3/q+1;. The summed E-state index contributed by atoms with van der Waals surface area (Å²) in [4.78, 5) is 9.35. The summed E-state index contributed by atoms with van der Waals surface area (Å²) in [5.74, 6) is 0. The molecule has 0 atom stereocenters. The highest BCUT2D eigenvalue weighted by Gasteiger charge is 2.32. The van der Waals surface area contributed by atoms with Crippen LogP contribution in [0.1, 0.15) is 0 Å². The average molecular weight is 194 g/mol. The van der Waals surface area contributed by atoms with Crippen molar-refractivity contribution in [2.75, 3.05) is 19.9 Å². The summed E-state index contributed by atoms with van der Waals surface area (Å²) in [6.45, 7) is 9.03. The largest absolute Gasteiger partial charge is 0.406 e. The minimum absolute atomic E-state index is 0. The van der Waals surface area contributed by atoms with E-state index in [0.717, 1.165) is 0 Å².